The number of Topliss-reactive ketones (excluding diaryl/α,β-unsaturated/α-hetero) is 2. The summed E-state index contributed by atoms with van der Waals surface area (Å²) in [7, 11) is 0. The van der Waals surface area contributed by atoms with Gasteiger partial charge in [0.2, 0.25) is 0 Å². The first-order valence-electron chi connectivity index (χ1n) is 8.92. The SMILES string of the molecule is CC.CC.CCC(=O)c1ccc(-c2ccc(C(=O)CC)cc2)cc1. The van der Waals surface area contributed by atoms with Crippen molar-refractivity contribution in [2.45, 2.75) is 54.4 Å². The van der Waals surface area contributed by atoms with Gasteiger partial charge in [-0.15, -0.1) is 0 Å². The summed E-state index contributed by atoms with van der Waals surface area (Å²) in [5.41, 5.74) is 3.59. The van der Waals surface area contributed by atoms with Crippen molar-refractivity contribution in [2.24, 2.45) is 0 Å². The van der Waals surface area contributed by atoms with Crippen LogP contribution in [0.5, 0.6) is 0 Å². The number of rotatable bonds is 5. The van der Waals surface area contributed by atoms with Crippen LogP contribution >= 0.6 is 0 Å². The third-order valence-corrected chi connectivity index (χ3v) is 3.39. The zero-order chi connectivity index (χ0) is 18.5. The lowest BCUT2D eigenvalue weighted by atomic mass is 9.99. The largest absolute Gasteiger partial charge is 0.294 e. The van der Waals surface area contributed by atoms with Crippen molar-refractivity contribution in [1.82, 2.24) is 0 Å². The first kappa shape index (κ1) is 21.8. The maximum Gasteiger partial charge on any atom is 0.162 e. The van der Waals surface area contributed by atoms with Gasteiger partial charge >= 0.3 is 0 Å². The highest BCUT2D eigenvalue weighted by atomic mass is 16.1. The van der Waals surface area contributed by atoms with Crippen LogP contribution in [-0.4, -0.2) is 11.6 Å². The molecule has 130 valence electrons. The summed E-state index contributed by atoms with van der Waals surface area (Å²) >= 11 is 0. The molecule has 2 aromatic rings. The zero-order valence-corrected chi connectivity index (χ0v) is 15.8. The highest BCUT2D eigenvalue weighted by Crippen LogP contribution is 2.21. The number of carbonyl (C=O) groups is 2. The summed E-state index contributed by atoms with van der Waals surface area (Å²) in [5, 5.41) is 0. The third-order valence-electron chi connectivity index (χ3n) is 3.39. The van der Waals surface area contributed by atoms with Gasteiger partial charge in [-0.05, 0) is 11.1 Å². The first-order valence-corrected chi connectivity index (χ1v) is 8.92. The molecule has 0 unspecified atom stereocenters. The lowest BCUT2D eigenvalue weighted by molar-refractivity contribution is 0.0980. The van der Waals surface area contributed by atoms with Crippen LogP contribution in [0.1, 0.15) is 75.1 Å². The Labute approximate surface area is 146 Å². The standard InChI is InChI=1S/C18H18O2.2C2H6/c1-3-17(19)15-9-5-13(6-10-15)14-7-11-16(12-8-14)18(20)4-2;2*1-2/h5-12H,3-4H2,1-2H3;2*1-2H3. The molecule has 0 radical (unpaired) electrons. The number of carbonyl (C=O) groups excluding carboxylic acids is 2. The Morgan fingerprint density at radius 1 is 0.583 bits per heavy atom. The maximum absolute atomic E-state index is 11.6. The van der Waals surface area contributed by atoms with Crippen molar-refractivity contribution in [1.29, 1.82) is 0 Å². The second kappa shape index (κ2) is 12.2. The molecule has 0 atom stereocenters. The Morgan fingerprint density at radius 2 is 0.833 bits per heavy atom. The van der Waals surface area contributed by atoms with E-state index in [0.29, 0.717) is 12.8 Å². The summed E-state index contributed by atoms with van der Waals surface area (Å²) in [6.45, 7) is 11.7. The molecule has 0 aromatic heterocycles. The van der Waals surface area contributed by atoms with Crippen LogP contribution in [0.3, 0.4) is 0 Å². The lowest BCUT2D eigenvalue weighted by Gasteiger charge is -2.05. The molecule has 0 aliphatic carbocycles. The Kier molecular flexibility index (Phi) is 11.1. The molecule has 0 amide bonds. The molecule has 0 spiro atoms. The summed E-state index contributed by atoms with van der Waals surface area (Å²) in [4.78, 5) is 23.2. The van der Waals surface area contributed by atoms with Crippen LogP contribution < -0.4 is 0 Å². The summed E-state index contributed by atoms with van der Waals surface area (Å²) in [5.74, 6) is 0.306. The molecular weight excluding hydrogens is 296 g/mol. The van der Waals surface area contributed by atoms with Crippen LogP contribution in [0.15, 0.2) is 48.5 Å². The summed E-state index contributed by atoms with van der Waals surface area (Å²) < 4.78 is 0. The number of hydrogen-bond donors (Lipinski definition) is 0. The Hall–Kier alpha value is -2.22. The van der Waals surface area contributed by atoms with Crippen molar-refractivity contribution >= 4 is 11.6 Å². The van der Waals surface area contributed by atoms with Crippen molar-refractivity contribution in [3.8, 4) is 11.1 Å². The van der Waals surface area contributed by atoms with Gasteiger partial charge in [-0.25, -0.2) is 0 Å². The Morgan fingerprint density at radius 3 is 1.04 bits per heavy atom. The van der Waals surface area contributed by atoms with E-state index in [4.69, 9.17) is 0 Å². The van der Waals surface area contributed by atoms with Crippen LogP contribution in [0.2, 0.25) is 0 Å². The molecule has 2 heteroatoms. The molecule has 0 N–H and O–H groups in total. The van der Waals surface area contributed by atoms with Crippen LogP contribution in [0, 0.1) is 0 Å². The summed E-state index contributed by atoms with van der Waals surface area (Å²) in [6, 6.07) is 15.2. The van der Waals surface area contributed by atoms with Crippen molar-refractivity contribution in [3.05, 3.63) is 59.7 Å². The predicted octanol–water partition coefficient (Wildman–Crippen LogP) is 6.59. The molecule has 2 aromatic carbocycles. The monoisotopic (exact) mass is 326 g/mol. The van der Waals surface area contributed by atoms with E-state index < -0.39 is 0 Å². The fourth-order valence-corrected chi connectivity index (χ4v) is 2.11. The Balaban J connectivity index is 0.00000123. The van der Waals surface area contributed by atoms with E-state index in [1.165, 1.54) is 0 Å². The molecule has 0 saturated carbocycles. The van der Waals surface area contributed by atoms with E-state index in [2.05, 4.69) is 0 Å². The van der Waals surface area contributed by atoms with Crippen LogP contribution in [-0.2, 0) is 0 Å². The van der Waals surface area contributed by atoms with Crippen LogP contribution in [0.4, 0.5) is 0 Å². The van der Waals surface area contributed by atoms with Gasteiger partial charge in [0.05, 0.1) is 0 Å². The van der Waals surface area contributed by atoms with Crippen LogP contribution in [0.25, 0.3) is 11.1 Å². The predicted molar refractivity (Wildman–Crippen MR) is 104 cm³/mol. The molecule has 2 rings (SSSR count). The quantitative estimate of drug-likeness (QED) is 0.581. The molecule has 0 aliphatic heterocycles. The van der Waals surface area contributed by atoms with Crippen molar-refractivity contribution < 1.29 is 9.59 Å². The van der Waals surface area contributed by atoms with Gasteiger partial charge in [0.25, 0.3) is 0 Å². The number of hydrogen-bond acceptors (Lipinski definition) is 2. The molecule has 2 nitrogen and oxygen atoms in total. The molecule has 0 saturated heterocycles. The van der Waals surface area contributed by atoms with Gasteiger partial charge in [0, 0.05) is 24.0 Å². The van der Waals surface area contributed by atoms with E-state index in [9.17, 15) is 9.59 Å². The van der Waals surface area contributed by atoms with Gasteiger partial charge in [0.1, 0.15) is 0 Å². The minimum absolute atomic E-state index is 0.153. The van der Waals surface area contributed by atoms with E-state index in [-0.39, 0.29) is 11.6 Å². The number of benzene rings is 2. The average molecular weight is 326 g/mol. The molecule has 0 fully saturated rings. The van der Waals surface area contributed by atoms with E-state index in [1.807, 2.05) is 90.1 Å². The first-order chi connectivity index (χ1) is 11.7. The van der Waals surface area contributed by atoms with Crippen molar-refractivity contribution in [2.75, 3.05) is 0 Å². The van der Waals surface area contributed by atoms with E-state index in [0.717, 1.165) is 22.3 Å². The normalized spacial score (nSPS) is 9.08. The fraction of sp³-hybridized carbons (Fsp3) is 0.364. The smallest absolute Gasteiger partial charge is 0.162 e. The fourth-order valence-electron chi connectivity index (χ4n) is 2.11. The van der Waals surface area contributed by atoms with E-state index >= 15 is 0 Å². The number of ketones is 2. The molecule has 0 heterocycles. The lowest BCUT2D eigenvalue weighted by Crippen LogP contribution is -1.96. The average Bonchev–Trinajstić information content (AvgIpc) is 2.70. The second-order valence-corrected chi connectivity index (χ2v) is 4.71. The molecular formula is C22H30O2. The van der Waals surface area contributed by atoms with Gasteiger partial charge in [0.15, 0.2) is 11.6 Å². The molecule has 0 bridgehead atoms. The minimum atomic E-state index is 0.153. The minimum Gasteiger partial charge on any atom is -0.294 e. The van der Waals surface area contributed by atoms with Crippen molar-refractivity contribution in [3.63, 3.8) is 0 Å². The molecule has 24 heavy (non-hydrogen) atoms. The Bertz CT molecular complexity index is 550. The highest BCUT2D eigenvalue weighted by molar-refractivity contribution is 5.97. The second-order valence-electron chi connectivity index (χ2n) is 4.71. The van der Waals surface area contributed by atoms with Gasteiger partial charge < -0.3 is 0 Å². The third kappa shape index (κ3) is 6.11. The summed E-state index contributed by atoms with van der Waals surface area (Å²) in [6.07, 6.45) is 1.04. The van der Waals surface area contributed by atoms with Gasteiger partial charge in [-0.1, -0.05) is 90.1 Å². The topological polar surface area (TPSA) is 34.1 Å². The maximum atomic E-state index is 11.6. The van der Waals surface area contributed by atoms with E-state index in [1.54, 1.807) is 0 Å². The zero-order valence-electron chi connectivity index (χ0n) is 15.8. The van der Waals surface area contributed by atoms with Gasteiger partial charge in [-0.3, -0.25) is 9.59 Å². The molecule has 0 aliphatic rings. The highest BCUT2D eigenvalue weighted by Gasteiger charge is 2.05. The van der Waals surface area contributed by atoms with Gasteiger partial charge in [-0.2, -0.15) is 0 Å².